The number of anilines is 1. The molecule has 2 rings (SSSR count). The summed E-state index contributed by atoms with van der Waals surface area (Å²) in [5.41, 5.74) is 1.66. The SMILES string of the molecule is CC(C)Oc1ccc(N(CC(=O)NCCSCc2ccccc2)S(C)(=O)=O)cc1. The van der Waals surface area contributed by atoms with Crippen molar-refractivity contribution in [2.24, 2.45) is 0 Å². The van der Waals surface area contributed by atoms with E-state index in [0.717, 1.165) is 22.1 Å². The van der Waals surface area contributed by atoms with E-state index in [1.54, 1.807) is 36.0 Å². The lowest BCUT2D eigenvalue weighted by Gasteiger charge is -2.22. The van der Waals surface area contributed by atoms with E-state index in [1.807, 2.05) is 32.0 Å². The molecule has 0 unspecified atom stereocenters. The van der Waals surface area contributed by atoms with Gasteiger partial charge in [0.1, 0.15) is 12.3 Å². The number of amides is 1. The van der Waals surface area contributed by atoms with Crippen molar-refractivity contribution in [3.63, 3.8) is 0 Å². The van der Waals surface area contributed by atoms with E-state index < -0.39 is 10.0 Å². The van der Waals surface area contributed by atoms with Crippen LogP contribution in [0.4, 0.5) is 5.69 Å². The third kappa shape index (κ3) is 8.37. The zero-order valence-electron chi connectivity index (χ0n) is 17.0. The van der Waals surface area contributed by atoms with E-state index in [4.69, 9.17) is 4.74 Å². The van der Waals surface area contributed by atoms with Gasteiger partial charge in [-0.3, -0.25) is 9.10 Å². The second-order valence-corrected chi connectivity index (χ2v) is 9.83. The second-order valence-electron chi connectivity index (χ2n) is 6.82. The molecule has 158 valence electrons. The van der Waals surface area contributed by atoms with Gasteiger partial charge in [-0.1, -0.05) is 30.3 Å². The predicted octanol–water partition coefficient (Wildman–Crippen LogP) is 3.29. The standard InChI is InChI=1S/C21H28N2O4S2/c1-17(2)27-20-11-9-19(10-12-20)23(29(3,25)26)15-21(24)22-13-14-28-16-18-7-5-4-6-8-18/h4-12,17H,13-16H2,1-3H3,(H,22,24). The summed E-state index contributed by atoms with van der Waals surface area (Å²) < 4.78 is 31.0. The van der Waals surface area contributed by atoms with Gasteiger partial charge in [-0.2, -0.15) is 11.8 Å². The largest absolute Gasteiger partial charge is 0.491 e. The molecule has 6 nitrogen and oxygen atoms in total. The monoisotopic (exact) mass is 436 g/mol. The number of nitrogens with one attached hydrogen (secondary N) is 1. The van der Waals surface area contributed by atoms with Crippen molar-refractivity contribution < 1.29 is 17.9 Å². The maximum atomic E-state index is 12.3. The molecule has 0 radical (unpaired) electrons. The highest BCUT2D eigenvalue weighted by molar-refractivity contribution is 7.98. The van der Waals surface area contributed by atoms with Crippen LogP contribution in [0, 0.1) is 0 Å². The fourth-order valence-corrected chi connectivity index (χ4v) is 4.25. The van der Waals surface area contributed by atoms with Gasteiger partial charge in [0.25, 0.3) is 0 Å². The maximum absolute atomic E-state index is 12.3. The quantitative estimate of drug-likeness (QED) is 0.547. The van der Waals surface area contributed by atoms with Crippen molar-refractivity contribution in [1.82, 2.24) is 5.32 Å². The molecular formula is C21H28N2O4S2. The van der Waals surface area contributed by atoms with Crippen molar-refractivity contribution in [2.45, 2.75) is 25.7 Å². The zero-order chi connectivity index (χ0) is 21.3. The van der Waals surface area contributed by atoms with Crippen LogP contribution in [0.2, 0.25) is 0 Å². The Kier molecular flexibility index (Phi) is 8.85. The van der Waals surface area contributed by atoms with Gasteiger partial charge >= 0.3 is 0 Å². The van der Waals surface area contributed by atoms with Crippen LogP contribution in [0.15, 0.2) is 54.6 Å². The summed E-state index contributed by atoms with van der Waals surface area (Å²) in [6.07, 6.45) is 1.12. The van der Waals surface area contributed by atoms with Crippen molar-refractivity contribution in [3.05, 3.63) is 60.2 Å². The highest BCUT2D eigenvalue weighted by Gasteiger charge is 2.20. The van der Waals surface area contributed by atoms with Crippen LogP contribution < -0.4 is 14.4 Å². The molecular weight excluding hydrogens is 408 g/mol. The molecule has 0 saturated heterocycles. The van der Waals surface area contributed by atoms with Crippen molar-refractivity contribution in [2.75, 3.05) is 29.4 Å². The highest BCUT2D eigenvalue weighted by Crippen LogP contribution is 2.22. The average Bonchev–Trinajstić information content (AvgIpc) is 2.66. The minimum atomic E-state index is -3.59. The van der Waals surface area contributed by atoms with Gasteiger partial charge in [0.05, 0.1) is 18.0 Å². The minimum Gasteiger partial charge on any atom is -0.491 e. The average molecular weight is 437 g/mol. The Bertz CT molecular complexity index is 869. The van der Waals surface area contributed by atoms with Gasteiger partial charge in [-0.25, -0.2) is 8.42 Å². The molecule has 0 aliphatic carbocycles. The van der Waals surface area contributed by atoms with Crippen molar-refractivity contribution in [1.29, 1.82) is 0 Å². The number of benzene rings is 2. The van der Waals surface area contributed by atoms with Crippen LogP contribution in [0.5, 0.6) is 5.75 Å². The molecule has 0 aliphatic rings. The van der Waals surface area contributed by atoms with Crippen LogP contribution in [0.25, 0.3) is 0 Å². The number of hydrogen-bond acceptors (Lipinski definition) is 5. The minimum absolute atomic E-state index is 0.0254. The van der Waals surface area contributed by atoms with E-state index in [-0.39, 0.29) is 18.6 Å². The van der Waals surface area contributed by atoms with E-state index >= 15 is 0 Å². The molecule has 0 aromatic heterocycles. The number of ether oxygens (including phenoxy) is 1. The Balaban J connectivity index is 1.85. The van der Waals surface area contributed by atoms with Crippen LogP contribution in [-0.4, -0.2) is 45.5 Å². The first-order chi connectivity index (χ1) is 13.8. The molecule has 0 bridgehead atoms. The maximum Gasteiger partial charge on any atom is 0.240 e. The molecule has 0 atom stereocenters. The molecule has 0 saturated carbocycles. The Hall–Kier alpha value is -2.19. The summed E-state index contributed by atoms with van der Waals surface area (Å²) >= 11 is 1.72. The second kappa shape index (κ2) is 11.1. The molecule has 0 fully saturated rings. The molecule has 8 heteroatoms. The molecule has 29 heavy (non-hydrogen) atoms. The number of carbonyl (C=O) groups is 1. The number of carbonyl (C=O) groups excluding carboxylic acids is 1. The summed E-state index contributed by atoms with van der Waals surface area (Å²) in [7, 11) is -3.59. The van der Waals surface area contributed by atoms with Crippen molar-refractivity contribution >= 4 is 33.4 Å². The fraction of sp³-hybridized carbons (Fsp3) is 0.381. The van der Waals surface area contributed by atoms with Crippen LogP contribution in [0.1, 0.15) is 19.4 Å². The lowest BCUT2D eigenvalue weighted by Crippen LogP contribution is -2.41. The molecule has 0 heterocycles. The van der Waals surface area contributed by atoms with Crippen LogP contribution in [0.3, 0.4) is 0 Å². The van der Waals surface area contributed by atoms with Gasteiger partial charge in [-0.15, -0.1) is 0 Å². The summed E-state index contributed by atoms with van der Waals surface area (Å²) in [6, 6.07) is 16.8. The first-order valence-electron chi connectivity index (χ1n) is 9.38. The number of thioether (sulfide) groups is 1. The first-order valence-corrected chi connectivity index (χ1v) is 12.4. The highest BCUT2D eigenvalue weighted by atomic mass is 32.2. The van der Waals surface area contributed by atoms with E-state index in [9.17, 15) is 13.2 Å². The Morgan fingerprint density at radius 2 is 1.76 bits per heavy atom. The predicted molar refractivity (Wildman–Crippen MR) is 120 cm³/mol. The summed E-state index contributed by atoms with van der Waals surface area (Å²) in [5.74, 6) is 1.94. The Morgan fingerprint density at radius 1 is 1.10 bits per heavy atom. The Morgan fingerprint density at radius 3 is 2.34 bits per heavy atom. The normalized spacial score (nSPS) is 11.3. The summed E-state index contributed by atoms with van der Waals surface area (Å²) in [6.45, 7) is 4.06. The van der Waals surface area contributed by atoms with E-state index in [2.05, 4.69) is 17.4 Å². The van der Waals surface area contributed by atoms with E-state index in [0.29, 0.717) is 18.0 Å². The number of hydrogen-bond donors (Lipinski definition) is 1. The molecule has 0 aliphatic heterocycles. The van der Waals surface area contributed by atoms with Gasteiger partial charge in [0.15, 0.2) is 0 Å². The molecule has 2 aromatic carbocycles. The van der Waals surface area contributed by atoms with Gasteiger partial charge < -0.3 is 10.1 Å². The molecule has 1 N–H and O–H groups in total. The Labute approximate surface area is 177 Å². The summed E-state index contributed by atoms with van der Waals surface area (Å²) in [5, 5.41) is 2.79. The lowest BCUT2D eigenvalue weighted by molar-refractivity contribution is -0.119. The number of rotatable bonds is 11. The zero-order valence-corrected chi connectivity index (χ0v) is 18.6. The van der Waals surface area contributed by atoms with Crippen LogP contribution in [-0.2, 0) is 20.6 Å². The number of nitrogens with zero attached hydrogens (tertiary/aromatic N) is 1. The third-order valence-corrected chi connectivity index (χ3v) is 6.03. The smallest absolute Gasteiger partial charge is 0.240 e. The van der Waals surface area contributed by atoms with Crippen LogP contribution >= 0.6 is 11.8 Å². The van der Waals surface area contributed by atoms with Gasteiger partial charge in [-0.05, 0) is 43.7 Å². The van der Waals surface area contributed by atoms with E-state index in [1.165, 1.54) is 5.56 Å². The fourth-order valence-electron chi connectivity index (χ4n) is 2.58. The molecule has 1 amide bonds. The molecule has 2 aromatic rings. The lowest BCUT2D eigenvalue weighted by atomic mass is 10.2. The van der Waals surface area contributed by atoms with Gasteiger partial charge in [0.2, 0.25) is 15.9 Å². The third-order valence-electron chi connectivity index (χ3n) is 3.86. The molecule has 0 spiro atoms. The first kappa shape index (κ1) is 23.1. The topological polar surface area (TPSA) is 75.7 Å². The van der Waals surface area contributed by atoms with Gasteiger partial charge in [0, 0.05) is 18.1 Å². The summed E-state index contributed by atoms with van der Waals surface area (Å²) in [4.78, 5) is 12.3. The van der Waals surface area contributed by atoms with Crippen molar-refractivity contribution in [3.8, 4) is 5.75 Å². The number of sulfonamides is 1.